The predicted octanol–water partition coefficient (Wildman–Crippen LogP) is 2.80. The van der Waals surface area contributed by atoms with Crippen molar-refractivity contribution in [1.29, 1.82) is 0 Å². The summed E-state index contributed by atoms with van der Waals surface area (Å²) in [6.45, 7) is 6.68. The maximum atomic E-state index is 9.03. The molecule has 0 saturated heterocycles. The quantitative estimate of drug-likeness (QED) is 0.777. The van der Waals surface area contributed by atoms with Crippen LogP contribution in [0.5, 0.6) is 0 Å². The topological polar surface area (TPSA) is 20.2 Å². The van der Waals surface area contributed by atoms with Crippen molar-refractivity contribution in [2.24, 2.45) is 11.8 Å². The molecule has 0 saturated carbocycles. The van der Waals surface area contributed by atoms with Crippen molar-refractivity contribution in [3.05, 3.63) is 35.4 Å². The van der Waals surface area contributed by atoms with Gasteiger partial charge in [0.1, 0.15) is 0 Å². The molecule has 0 aliphatic heterocycles. The van der Waals surface area contributed by atoms with E-state index in [4.69, 9.17) is 5.11 Å². The Morgan fingerprint density at radius 3 is 2.14 bits per heavy atom. The highest BCUT2D eigenvalue weighted by Crippen LogP contribution is 2.16. The van der Waals surface area contributed by atoms with Crippen molar-refractivity contribution in [2.75, 3.05) is 6.61 Å². The van der Waals surface area contributed by atoms with Crippen molar-refractivity contribution in [2.45, 2.75) is 27.2 Å². The Morgan fingerprint density at radius 2 is 1.64 bits per heavy atom. The summed E-state index contributed by atoms with van der Waals surface area (Å²) in [5, 5.41) is 9.03. The maximum Gasteiger partial charge on any atom is 0.0459 e. The molecule has 1 nitrogen and oxygen atoms in total. The monoisotopic (exact) mass is 192 g/mol. The fraction of sp³-hybridized carbons (Fsp3) is 0.538. The molecule has 0 spiro atoms. The van der Waals surface area contributed by atoms with Crippen LogP contribution in [0.2, 0.25) is 0 Å². The largest absolute Gasteiger partial charge is 0.396 e. The molecule has 0 fully saturated rings. The van der Waals surface area contributed by atoms with Crippen molar-refractivity contribution in [1.82, 2.24) is 0 Å². The second kappa shape index (κ2) is 5.16. The summed E-state index contributed by atoms with van der Waals surface area (Å²) in [6, 6.07) is 8.64. The molecule has 1 heteroatoms. The fourth-order valence-corrected chi connectivity index (χ4v) is 1.48. The van der Waals surface area contributed by atoms with Crippen LogP contribution in [-0.4, -0.2) is 11.7 Å². The molecule has 0 aliphatic rings. The van der Waals surface area contributed by atoms with Gasteiger partial charge in [0, 0.05) is 6.61 Å². The van der Waals surface area contributed by atoms with Gasteiger partial charge in [-0.05, 0) is 30.7 Å². The van der Waals surface area contributed by atoms with Crippen molar-refractivity contribution < 1.29 is 5.11 Å². The first kappa shape index (κ1) is 11.3. The van der Waals surface area contributed by atoms with E-state index in [2.05, 4.69) is 45.0 Å². The highest BCUT2D eigenvalue weighted by Gasteiger charge is 2.11. The molecule has 1 N–H and O–H groups in total. The van der Waals surface area contributed by atoms with Gasteiger partial charge in [0.15, 0.2) is 0 Å². The first-order chi connectivity index (χ1) is 6.63. The average molecular weight is 192 g/mol. The Morgan fingerprint density at radius 1 is 1.07 bits per heavy atom. The molecule has 0 radical (unpaired) electrons. The highest BCUT2D eigenvalue weighted by molar-refractivity contribution is 5.21. The van der Waals surface area contributed by atoms with Crippen LogP contribution in [0.1, 0.15) is 25.0 Å². The smallest absolute Gasteiger partial charge is 0.0459 e. The Labute approximate surface area is 86.8 Å². The van der Waals surface area contributed by atoms with Gasteiger partial charge in [-0.15, -0.1) is 0 Å². The molecule has 1 rings (SSSR count). The van der Waals surface area contributed by atoms with E-state index in [1.807, 2.05) is 0 Å². The molecule has 0 bridgehead atoms. The third-order valence-electron chi connectivity index (χ3n) is 2.94. The zero-order valence-corrected chi connectivity index (χ0v) is 9.33. The van der Waals surface area contributed by atoms with Gasteiger partial charge in [0.25, 0.3) is 0 Å². The Bertz CT molecular complexity index is 263. The number of aliphatic hydroxyl groups excluding tert-OH is 1. The molecule has 0 aromatic heterocycles. The summed E-state index contributed by atoms with van der Waals surface area (Å²) in [7, 11) is 0. The third-order valence-corrected chi connectivity index (χ3v) is 2.94. The van der Waals surface area contributed by atoms with Gasteiger partial charge in [-0.1, -0.05) is 43.7 Å². The molecular weight excluding hydrogens is 172 g/mol. The zero-order chi connectivity index (χ0) is 10.6. The fourth-order valence-electron chi connectivity index (χ4n) is 1.48. The van der Waals surface area contributed by atoms with E-state index in [1.54, 1.807) is 0 Å². The van der Waals surface area contributed by atoms with Crippen LogP contribution in [0, 0.1) is 18.8 Å². The van der Waals surface area contributed by atoms with Gasteiger partial charge in [-0.25, -0.2) is 0 Å². The Hall–Kier alpha value is -0.820. The molecule has 1 unspecified atom stereocenters. The number of hydrogen-bond acceptors (Lipinski definition) is 1. The maximum absolute atomic E-state index is 9.03. The number of rotatable bonds is 4. The summed E-state index contributed by atoms with van der Waals surface area (Å²) in [4.78, 5) is 0. The molecule has 78 valence electrons. The van der Waals surface area contributed by atoms with E-state index in [0.717, 1.165) is 6.42 Å². The first-order valence-electron chi connectivity index (χ1n) is 5.30. The lowest BCUT2D eigenvalue weighted by atomic mass is 9.90. The van der Waals surface area contributed by atoms with E-state index in [0.29, 0.717) is 11.8 Å². The van der Waals surface area contributed by atoms with E-state index >= 15 is 0 Å². The lowest BCUT2D eigenvalue weighted by molar-refractivity contribution is 0.195. The lowest BCUT2D eigenvalue weighted by Crippen LogP contribution is -2.14. The second-order valence-electron chi connectivity index (χ2n) is 4.33. The van der Waals surface area contributed by atoms with Gasteiger partial charge < -0.3 is 5.11 Å². The first-order valence-corrected chi connectivity index (χ1v) is 5.30. The van der Waals surface area contributed by atoms with Gasteiger partial charge in [0.05, 0.1) is 0 Å². The zero-order valence-electron chi connectivity index (χ0n) is 9.33. The van der Waals surface area contributed by atoms with Gasteiger partial charge in [-0.2, -0.15) is 0 Å². The average Bonchev–Trinajstić information content (AvgIpc) is 2.20. The number of aryl methyl sites for hydroxylation is 1. The van der Waals surface area contributed by atoms with Crippen LogP contribution in [0.25, 0.3) is 0 Å². The SMILES string of the molecule is Cc1ccc(CC(C)[C@@H](C)CO)cc1. The summed E-state index contributed by atoms with van der Waals surface area (Å²) < 4.78 is 0. The molecule has 0 amide bonds. The molecular formula is C13H20O. The number of aliphatic hydroxyl groups is 1. The normalized spacial score (nSPS) is 15.1. The summed E-state index contributed by atoms with van der Waals surface area (Å²) in [6.07, 6.45) is 1.06. The van der Waals surface area contributed by atoms with Crippen molar-refractivity contribution in [3.63, 3.8) is 0 Å². The van der Waals surface area contributed by atoms with Gasteiger partial charge >= 0.3 is 0 Å². The molecule has 2 atom stereocenters. The van der Waals surface area contributed by atoms with Crippen LogP contribution in [-0.2, 0) is 6.42 Å². The number of hydrogen-bond donors (Lipinski definition) is 1. The van der Waals surface area contributed by atoms with E-state index in [-0.39, 0.29) is 6.61 Å². The predicted molar refractivity (Wildman–Crippen MR) is 60.3 cm³/mol. The van der Waals surface area contributed by atoms with E-state index in [1.165, 1.54) is 11.1 Å². The molecule has 1 aromatic rings. The number of benzene rings is 1. The van der Waals surface area contributed by atoms with Gasteiger partial charge in [-0.3, -0.25) is 0 Å². The molecule has 14 heavy (non-hydrogen) atoms. The van der Waals surface area contributed by atoms with Crippen molar-refractivity contribution >= 4 is 0 Å². The van der Waals surface area contributed by atoms with Crippen LogP contribution >= 0.6 is 0 Å². The van der Waals surface area contributed by atoms with Crippen LogP contribution < -0.4 is 0 Å². The van der Waals surface area contributed by atoms with Crippen molar-refractivity contribution in [3.8, 4) is 0 Å². The summed E-state index contributed by atoms with van der Waals surface area (Å²) in [5.41, 5.74) is 2.67. The Balaban J connectivity index is 2.56. The minimum absolute atomic E-state index is 0.285. The standard InChI is InChI=1S/C13H20O/c1-10-4-6-13(7-5-10)8-11(2)12(3)9-14/h4-7,11-12,14H,8-9H2,1-3H3/t11?,12-/m0/s1. The molecule has 1 aromatic carbocycles. The third kappa shape index (κ3) is 3.15. The minimum Gasteiger partial charge on any atom is -0.396 e. The summed E-state index contributed by atoms with van der Waals surface area (Å²) >= 11 is 0. The minimum atomic E-state index is 0.285. The van der Waals surface area contributed by atoms with Crippen LogP contribution in [0.15, 0.2) is 24.3 Å². The van der Waals surface area contributed by atoms with Crippen LogP contribution in [0.4, 0.5) is 0 Å². The van der Waals surface area contributed by atoms with E-state index in [9.17, 15) is 0 Å². The van der Waals surface area contributed by atoms with Gasteiger partial charge in [0.2, 0.25) is 0 Å². The summed E-state index contributed by atoms with van der Waals surface area (Å²) in [5.74, 6) is 0.930. The van der Waals surface area contributed by atoms with Crippen LogP contribution in [0.3, 0.4) is 0 Å². The molecule has 0 heterocycles. The highest BCUT2D eigenvalue weighted by atomic mass is 16.3. The Kier molecular flexibility index (Phi) is 4.15. The van der Waals surface area contributed by atoms with E-state index < -0.39 is 0 Å². The molecule has 0 aliphatic carbocycles. The lowest BCUT2D eigenvalue weighted by Gasteiger charge is -2.17. The second-order valence-corrected chi connectivity index (χ2v) is 4.33.